The summed E-state index contributed by atoms with van der Waals surface area (Å²) >= 11 is 0. The molecule has 0 bridgehead atoms. The SMILES string of the molecule is O=C(COc1ccccc1F)Nc1cccc2n[nH]nc12. The van der Waals surface area contributed by atoms with E-state index in [-0.39, 0.29) is 12.4 Å². The third-order valence-corrected chi connectivity index (χ3v) is 2.82. The first-order chi connectivity index (χ1) is 10.2. The van der Waals surface area contributed by atoms with Gasteiger partial charge in [-0.2, -0.15) is 15.4 Å². The lowest BCUT2D eigenvalue weighted by Crippen LogP contribution is -2.20. The van der Waals surface area contributed by atoms with E-state index in [1.807, 2.05) is 0 Å². The molecule has 0 radical (unpaired) electrons. The van der Waals surface area contributed by atoms with Gasteiger partial charge < -0.3 is 10.1 Å². The summed E-state index contributed by atoms with van der Waals surface area (Å²) in [6, 6.07) is 11.1. The van der Waals surface area contributed by atoms with Crippen LogP contribution in [0.5, 0.6) is 5.75 Å². The van der Waals surface area contributed by atoms with E-state index in [4.69, 9.17) is 4.74 Å². The fraction of sp³-hybridized carbons (Fsp3) is 0.0714. The smallest absolute Gasteiger partial charge is 0.262 e. The van der Waals surface area contributed by atoms with Crippen molar-refractivity contribution in [3.8, 4) is 5.75 Å². The van der Waals surface area contributed by atoms with E-state index in [1.54, 1.807) is 30.3 Å². The molecule has 0 saturated carbocycles. The second-order valence-electron chi connectivity index (χ2n) is 4.26. The zero-order valence-electron chi connectivity index (χ0n) is 10.8. The number of rotatable bonds is 4. The van der Waals surface area contributed by atoms with Crippen molar-refractivity contribution in [3.05, 3.63) is 48.3 Å². The molecule has 2 aromatic carbocycles. The number of amides is 1. The van der Waals surface area contributed by atoms with Gasteiger partial charge in [0, 0.05) is 0 Å². The van der Waals surface area contributed by atoms with Crippen molar-refractivity contribution >= 4 is 22.6 Å². The van der Waals surface area contributed by atoms with Crippen molar-refractivity contribution in [1.82, 2.24) is 15.4 Å². The summed E-state index contributed by atoms with van der Waals surface area (Å²) < 4.78 is 18.5. The van der Waals surface area contributed by atoms with E-state index in [0.717, 1.165) is 0 Å². The second-order valence-corrected chi connectivity index (χ2v) is 4.26. The molecule has 3 rings (SSSR count). The Morgan fingerprint density at radius 1 is 1.19 bits per heavy atom. The number of fused-ring (bicyclic) bond motifs is 1. The van der Waals surface area contributed by atoms with Crippen molar-refractivity contribution < 1.29 is 13.9 Å². The number of ether oxygens (including phenoxy) is 1. The molecule has 0 aliphatic heterocycles. The van der Waals surface area contributed by atoms with Gasteiger partial charge in [-0.25, -0.2) is 4.39 Å². The van der Waals surface area contributed by atoms with Gasteiger partial charge in [-0.05, 0) is 24.3 Å². The third-order valence-electron chi connectivity index (χ3n) is 2.82. The molecule has 1 heterocycles. The molecular weight excluding hydrogens is 275 g/mol. The molecule has 0 saturated heterocycles. The highest BCUT2D eigenvalue weighted by atomic mass is 19.1. The fourth-order valence-corrected chi connectivity index (χ4v) is 1.86. The van der Waals surface area contributed by atoms with Gasteiger partial charge in [0.1, 0.15) is 11.0 Å². The zero-order chi connectivity index (χ0) is 14.7. The summed E-state index contributed by atoms with van der Waals surface area (Å²) in [5.41, 5.74) is 1.71. The first-order valence-corrected chi connectivity index (χ1v) is 6.21. The van der Waals surface area contributed by atoms with Gasteiger partial charge in [0.05, 0.1) is 5.69 Å². The van der Waals surface area contributed by atoms with Gasteiger partial charge in [0.25, 0.3) is 5.91 Å². The van der Waals surface area contributed by atoms with Crippen LogP contribution in [0.4, 0.5) is 10.1 Å². The average molecular weight is 286 g/mol. The van der Waals surface area contributed by atoms with Gasteiger partial charge in [-0.3, -0.25) is 4.79 Å². The van der Waals surface area contributed by atoms with Crippen LogP contribution in [0.2, 0.25) is 0 Å². The van der Waals surface area contributed by atoms with Crippen LogP contribution in [0.15, 0.2) is 42.5 Å². The highest BCUT2D eigenvalue weighted by molar-refractivity contribution is 5.99. The van der Waals surface area contributed by atoms with Crippen LogP contribution in [-0.2, 0) is 4.79 Å². The highest BCUT2D eigenvalue weighted by Gasteiger charge is 2.10. The summed E-state index contributed by atoms with van der Waals surface area (Å²) in [4.78, 5) is 11.8. The Kier molecular flexibility index (Phi) is 3.46. The summed E-state index contributed by atoms with van der Waals surface area (Å²) in [6.45, 7) is -0.296. The van der Waals surface area contributed by atoms with E-state index in [0.29, 0.717) is 16.7 Å². The molecule has 3 aromatic rings. The molecule has 21 heavy (non-hydrogen) atoms. The van der Waals surface area contributed by atoms with Crippen molar-refractivity contribution in [2.45, 2.75) is 0 Å². The number of para-hydroxylation sites is 2. The minimum atomic E-state index is -0.510. The minimum absolute atomic E-state index is 0.0345. The number of hydrogen-bond donors (Lipinski definition) is 2. The molecule has 106 valence electrons. The van der Waals surface area contributed by atoms with Crippen molar-refractivity contribution in [2.24, 2.45) is 0 Å². The number of carbonyl (C=O) groups is 1. The number of benzene rings is 2. The minimum Gasteiger partial charge on any atom is -0.481 e. The number of carbonyl (C=O) groups excluding carboxylic acids is 1. The van der Waals surface area contributed by atoms with Gasteiger partial charge in [0.15, 0.2) is 18.2 Å². The third kappa shape index (κ3) is 2.81. The lowest BCUT2D eigenvalue weighted by Gasteiger charge is -2.08. The summed E-state index contributed by atoms with van der Waals surface area (Å²) in [5.74, 6) is -0.884. The molecule has 6 nitrogen and oxygen atoms in total. The number of H-pyrrole nitrogens is 1. The van der Waals surface area contributed by atoms with Crippen LogP contribution >= 0.6 is 0 Å². The first kappa shape index (κ1) is 13.0. The van der Waals surface area contributed by atoms with Crippen molar-refractivity contribution in [3.63, 3.8) is 0 Å². The Balaban J connectivity index is 1.67. The summed E-state index contributed by atoms with van der Waals surface area (Å²) in [6.07, 6.45) is 0. The molecule has 7 heteroatoms. The molecule has 0 aliphatic carbocycles. The lowest BCUT2D eigenvalue weighted by molar-refractivity contribution is -0.118. The number of hydrogen-bond acceptors (Lipinski definition) is 4. The van der Waals surface area contributed by atoms with Crippen LogP contribution in [0, 0.1) is 5.82 Å². The zero-order valence-corrected chi connectivity index (χ0v) is 10.8. The largest absolute Gasteiger partial charge is 0.481 e. The van der Waals surface area contributed by atoms with Crippen LogP contribution in [0.1, 0.15) is 0 Å². The molecule has 0 aliphatic rings. The molecule has 0 spiro atoms. The molecule has 0 atom stereocenters. The number of nitrogens with zero attached hydrogens (tertiary/aromatic N) is 2. The van der Waals surface area contributed by atoms with Crippen molar-refractivity contribution in [1.29, 1.82) is 0 Å². The molecule has 0 fully saturated rings. The van der Waals surface area contributed by atoms with Crippen LogP contribution in [-0.4, -0.2) is 27.9 Å². The Hall–Kier alpha value is -2.96. The quantitative estimate of drug-likeness (QED) is 0.770. The predicted octanol–water partition coefficient (Wildman–Crippen LogP) is 2.11. The normalized spacial score (nSPS) is 10.5. The molecule has 1 aromatic heterocycles. The number of aromatic nitrogens is 3. The monoisotopic (exact) mass is 286 g/mol. The maximum atomic E-state index is 13.4. The standard InChI is InChI=1S/C14H11FN4O2/c15-9-4-1-2-7-12(9)21-8-13(20)16-10-5-3-6-11-14(10)18-19-17-11/h1-7H,8H2,(H,16,20)(H,17,18,19). The van der Waals surface area contributed by atoms with Crippen LogP contribution in [0.3, 0.4) is 0 Å². The molecular formula is C14H11FN4O2. The van der Waals surface area contributed by atoms with E-state index in [1.165, 1.54) is 12.1 Å². The topological polar surface area (TPSA) is 79.9 Å². The Morgan fingerprint density at radius 2 is 2.05 bits per heavy atom. The average Bonchev–Trinajstić information content (AvgIpc) is 2.96. The van der Waals surface area contributed by atoms with Crippen LogP contribution < -0.4 is 10.1 Å². The maximum absolute atomic E-state index is 13.4. The number of anilines is 1. The maximum Gasteiger partial charge on any atom is 0.262 e. The first-order valence-electron chi connectivity index (χ1n) is 6.21. The molecule has 0 unspecified atom stereocenters. The van der Waals surface area contributed by atoms with Gasteiger partial charge in [0.2, 0.25) is 0 Å². The summed E-state index contributed by atoms with van der Waals surface area (Å²) in [7, 11) is 0. The Morgan fingerprint density at radius 3 is 2.90 bits per heavy atom. The Bertz CT molecular complexity index is 787. The lowest BCUT2D eigenvalue weighted by atomic mass is 10.2. The van der Waals surface area contributed by atoms with Crippen molar-refractivity contribution in [2.75, 3.05) is 11.9 Å². The number of nitrogens with one attached hydrogen (secondary N) is 2. The highest BCUT2D eigenvalue weighted by Crippen LogP contribution is 2.19. The number of aromatic amines is 1. The second kappa shape index (κ2) is 5.58. The predicted molar refractivity (Wildman–Crippen MR) is 74.4 cm³/mol. The number of halogens is 1. The molecule has 1 amide bonds. The summed E-state index contributed by atoms with van der Waals surface area (Å²) in [5, 5.41) is 13.0. The van der Waals surface area contributed by atoms with Crippen LogP contribution in [0.25, 0.3) is 11.0 Å². The molecule has 2 N–H and O–H groups in total. The van der Waals surface area contributed by atoms with E-state index in [2.05, 4.69) is 20.7 Å². The van der Waals surface area contributed by atoms with Gasteiger partial charge in [-0.15, -0.1) is 0 Å². The van der Waals surface area contributed by atoms with E-state index >= 15 is 0 Å². The fourth-order valence-electron chi connectivity index (χ4n) is 1.86. The van der Waals surface area contributed by atoms with Gasteiger partial charge in [-0.1, -0.05) is 18.2 Å². The van der Waals surface area contributed by atoms with E-state index < -0.39 is 11.7 Å². The van der Waals surface area contributed by atoms with Gasteiger partial charge >= 0.3 is 0 Å². The Labute approximate surface area is 118 Å². The van der Waals surface area contributed by atoms with E-state index in [9.17, 15) is 9.18 Å².